The number of benzene rings is 3. The lowest BCUT2D eigenvalue weighted by Crippen LogP contribution is -2.36. The number of Topliss-reactive ketones (excluding diaryl/α,β-unsaturated/α-hetero) is 1. The fourth-order valence-corrected chi connectivity index (χ4v) is 4.77. The molecule has 0 aliphatic heterocycles. The van der Waals surface area contributed by atoms with Crippen LogP contribution >= 0.6 is 0 Å². The monoisotopic (exact) mass is 457 g/mol. The van der Waals surface area contributed by atoms with E-state index >= 15 is 0 Å². The van der Waals surface area contributed by atoms with E-state index in [-0.39, 0.29) is 28.5 Å². The van der Waals surface area contributed by atoms with Gasteiger partial charge in [0.05, 0.1) is 31.3 Å². The zero-order chi connectivity index (χ0) is 23.3. The van der Waals surface area contributed by atoms with Crippen molar-refractivity contribution in [3.05, 3.63) is 83.7 Å². The third-order valence-electron chi connectivity index (χ3n) is 5.00. The first-order chi connectivity index (χ1) is 15.3. The zero-order valence-corrected chi connectivity index (χ0v) is 18.9. The number of halogens is 1. The molecule has 0 fully saturated rings. The van der Waals surface area contributed by atoms with Gasteiger partial charge >= 0.3 is 0 Å². The van der Waals surface area contributed by atoms with Gasteiger partial charge in [-0.15, -0.1) is 0 Å². The molecule has 0 radical (unpaired) electrons. The average molecular weight is 458 g/mol. The lowest BCUT2D eigenvalue weighted by Gasteiger charge is -2.26. The third-order valence-corrected chi connectivity index (χ3v) is 6.77. The quantitative estimate of drug-likeness (QED) is 0.483. The Morgan fingerprint density at radius 1 is 0.969 bits per heavy atom. The van der Waals surface area contributed by atoms with Gasteiger partial charge in [0.15, 0.2) is 5.78 Å². The standard InChI is InChI=1S/C24H24FNO5S/c1-17-13-19(25)10-9-18(17)14-20(27)16-26(32(28,29)22-7-5-4-6-8-22)23-15-21(30-2)11-12-24(23)31-3/h4-13,15H,14,16H2,1-3H3. The van der Waals surface area contributed by atoms with Gasteiger partial charge in [0.1, 0.15) is 17.3 Å². The summed E-state index contributed by atoms with van der Waals surface area (Å²) in [7, 11) is -1.22. The van der Waals surface area contributed by atoms with Crippen molar-refractivity contribution in [1.82, 2.24) is 0 Å². The van der Waals surface area contributed by atoms with Crippen LogP contribution in [0.15, 0.2) is 71.6 Å². The highest BCUT2D eigenvalue weighted by Crippen LogP contribution is 2.35. The molecule has 8 heteroatoms. The molecule has 0 saturated carbocycles. The van der Waals surface area contributed by atoms with Crippen LogP contribution in [0.5, 0.6) is 11.5 Å². The first-order valence-corrected chi connectivity index (χ1v) is 11.3. The molecule has 0 aromatic heterocycles. The van der Waals surface area contributed by atoms with Crippen molar-refractivity contribution in [2.24, 2.45) is 0 Å². The molecule has 0 aliphatic rings. The van der Waals surface area contributed by atoms with Gasteiger partial charge in [-0.25, -0.2) is 12.8 Å². The third kappa shape index (κ3) is 5.08. The van der Waals surface area contributed by atoms with Crippen molar-refractivity contribution >= 4 is 21.5 Å². The minimum atomic E-state index is -4.10. The second-order valence-corrected chi connectivity index (χ2v) is 9.01. The number of hydrogen-bond donors (Lipinski definition) is 0. The van der Waals surface area contributed by atoms with E-state index < -0.39 is 22.4 Å². The number of methoxy groups -OCH3 is 2. The van der Waals surface area contributed by atoms with E-state index in [1.165, 1.54) is 50.6 Å². The van der Waals surface area contributed by atoms with Gasteiger partial charge in [-0.05, 0) is 54.4 Å². The smallest absolute Gasteiger partial charge is 0.264 e. The number of ketones is 1. The van der Waals surface area contributed by atoms with Gasteiger partial charge in [0, 0.05) is 12.5 Å². The van der Waals surface area contributed by atoms with Gasteiger partial charge in [-0.2, -0.15) is 0 Å². The van der Waals surface area contributed by atoms with Crippen LogP contribution < -0.4 is 13.8 Å². The summed E-state index contributed by atoms with van der Waals surface area (Å²) >= 11 is 0. The highest BCUT2D eigenvalue weighted by molar-refractivity contribution is 7.92. The van der Waals surface area contributed by atoms with Gasteiger partial charge in [0.25, 0.3) is 10.0 Å². The molecule has 3 aromatic carbocycles. The van der Waals surface area contributed by atoms with E-state index in [1.807, 2.05) is 0 Å². The number of carbonyl (C=O) groups excluding carboxylic acids is 1. The lowest BCUT2D eigenvalue weighted by molar-refractivity contribution is -0.117. The Labute approximate surface area is 187 Å². The number of carbonyl (C=O) groups is 1. The van der Waals surface area contributed by atoms with E-state index in [9.17, 15) is 17.6 Å². The van der Waals surface area contributed by atoms with Crippen molar-refractivity contribution in [3.8, 4) is 11.5 Å². The Kier molecular flexibility index (Phi) is 7.15. The Balaban J connectivity index is 2.04. The van der Waals surface area contributed by atoms with E-state index in [4.69, 9.17) is 9.47 Å². The molecule has 3 aromatic rings. The molecule has 0 heterocycles. The van der Waals surface area contributed by atoms with Gasteiger partial charge < -0.3 is 9.47 Å². The van der Waals surface area contributed by atoms with Crippen LogP contribution in [0.3, 0.4) is 0 Å². The second kappa shape index (κ2) is 9.82. The van der Waals surface area contributed by atoms with E-state index in [0.717, 1.165) is 4.31 Å². The largest absolute Gasteiger partial charge is 0.497 e. The highest BCUT2D eigenvalue weighted by atomic mass is 32.2. The van der Waals surface area contributed by atoms with Crippen molar-refractivity contribution in [2.45, 2.75) is 18.2 Å². The molecule has 0 N–H and O–H groups in total. The normalized spacial score (nSPS) is 11.1. The maximum atomic E-state index is 13.5. The van der Waals surface area contributed by atoms with Crippen LogP contribution in [-0.2, 0) is 21.2 Å². The number of ether oxygens (including phenoxy) is 2. The second-order valence-electron chi connectivity index (χ2n) is 7.15. The maximum absolute atomic E-state index is 13.5. The molecule has 0 atom stereocenters. The predicted octanol–water partition coefficient (Wildman–Crippen LogP) is 4.16. The first kappa shape index (κ1) is 23.3. The van der Waals surface area contributed by atoms with Crippen molar-refractivity contribution < 1.29 is 27.1 Å². The maximum Gasteiger partial charge on any atom is 0.264 e. The van der Waals surface area contributed by atoms with Gasteiger partial charge in [-0.3, -0.25) is 9.10 Å². The molecule has 0 amide bonds. The minimum absolute atomic E-state index is 0.0376. The summed E-state index contributed by atoms with van der Waals surface area (Å²) in [5, 5.41) is 0. The van der Waals surface area contributed by atoms with Crippen molar-refractivity contribution in [1.29, 1.82) is 0 Å². The summed E-state index contributed by atoms with van der Waals surface area (Å²) in [4.78, 5) is 13.0. The number of anilines is 1. The Bertz CT molecular complexity index is 1210. The molecule has 0 saturated heterocycles. The van der Waals surface area contributed by atoms with E-state index in [2.05, 4.69) is 0 Å². The molecule has 32 heavy (non-hydrogen) atoms. The number of aryl methyl sites for hydroxylation is 1. The molecule has 0 aliphatic carbocycles. The molecule has 0 bridgehead atoms. The summed E-state index contributed by atoms with van der Waals surface area (Å²) in [5.41, 5.74) is 1.43. The van der Waals surface area contributed by atoms with E-state index in [1.54, 1.807) is 37.3 Å². The Morgan fingerprint density at radius 2 is 1.69 bits per heavy atom. The highest BCUT2D eigenvalue weighted by Gasteiger charge is 2.30. The Morgan fingerprint density at radius 3 is 2.31 bits per heavy atom. The van der Waals surface area contributed by atoms with Gasteiger partial charge in [-0.1, -0.05) is 24.3 Å². The Hall–Kier alpha value is -3.39. The zero-order valence-electron chi connectivity index (χ0n) is 18.0. The van der Waals surface area contributed by atoms with Crippen LogP contribution in [0, 0.1) is 12.7 Å². The fourth-order valence-electron chi connectivity index (χ4n) is 3.30. The van der Waals surface area contributed by atoms with Crippen LogP contribution in [0.1, 0.15) is 11.1 Å². The molecule has 168 valence electrons. The number of sulfonamides is 1. The summed E-state index contributed by atoms with van der Waals surface area (Å²) in [6.45, 7) is 1.27. The SMILES string of the molecule is COc1ccc(OC)c(N(CC(=O)Cc2ccc(F)cc2C)S(=O)(=O)c2ccccc2)c1. The van der Waals surface area contributed by atoms with Gasteiger partial charge in [0.2, 0.25) is 0 Å². The summed E-state index contributed by atoms with van der Waals surface area (Å²) in [6.07, 6.45) is -0.0425. The van der Waals surface area contributed by atoms with Crippen LogP contribution in [0.25, 0.3) is 0 Å². The van der Waals surface area contributed by atoms with Crippen LogP contribution in [-0.4, -0.2) is 35.0 Å². The van der Waals surface area contributed by atoms with Crippen molar-refractivity contribution in [3.63, 3.8) is 0 Å². The molecule has 0 spiro atoms. The average Bonchev–Trinajstić information content (AvgIpc) is 2.79. The summed E-state index contributed by atoms with van der Waals surface area (Å²) in [6, 6.07) is 16.7. The number of hydrogen-bond acceptors (Lipinski definition) is 5. The number of rotatable bonds is 9. The summed E-state index contributed by atoms with van der Waals surface area (Å²) < 4.78 is 52.1. The summed E-state index contributed by atoms with van der Waals surface area (Å²) in [5.74, 6) is -0.0656. The minimum Gasteiger partial charge on any atom is -0.497 e. The van der Waals surface area contributed by atoms with Crippen LogP contribution in [0.2, 0.25) is 0 Å². The molecule has 6 nitrogen and oxygen atoms in total. The fraction of sp³-hybridized carbons (Fsp3) is 0.208. The van der Waals surface area contributed by atoms with Crippen LogP contribution in [0.4, 0.5) is 10.1 Å². The first-order valence-electron chi connectivity index (χ1n) is 9.83. The van der Waals surface area contributed by atoms with Crippen molar-refractivity contribution in [2.75, 3.05) is 25.1 Å². The van der Waals surface area contributed by atoms with E-state index in [0.29, 0.717) is 16.9 Å². The molecular formula is C24H24FNO5S. The molecule has 0 unspecified atom stereocenters. The lowest BCUT2D eigenvalue weighted by atomic mass is 10.0. The predicted molar refractivity (Wildman–Crippen MR) is 120 cm³/mol. The molecule has 3 rings (SSSR count). The number of nitrogens with zero attached hydrogens (tertiary/aromatic N) is 1. The molecular weight excluding hydrogens is 433 g/mol. The topological polar surface area (TPSA) is 72.9 Å².